The summed E-state index contributed by atoms with van der Waals surface area (Å²) in [5.41, 5.74) is 0. The molecule has 0 aromatic carbocycles. The molecule has 1 saturated heterocycles. The summed E-state index contributed by atoms with van der Waals surface area (Å²) in [7, 11) is 0. The second-order valence-corrected chi connectivity index (χ2v) is 8.16. The zero-order chi connectivity index (χ0) is 19.6. The number of fused-ring (bicyclic) bond motifs is 2. The summed E-state index contributed by atoms with van der Waals surface area (Å²) in [6, 6.07) is 1.82. The van der Waals surface area contributed by atoms with Crippen molar-refractivity contribution >= 4 is 18.8 Å². The summed E-state index contributed by atoms with van der Waals surface area (Å²) in [6.45, 7) is 5.34. The van der Waals surface area contributed by atoms with E-state index in [1.807, 2.05) is 6.07 Å². The monoisotopic (exact) mass is 387 g/mol. The molecule has 0 unspecified atom stereocenters. The molecule has 1 aliphatic heterocycles. The van der Waals surface area contributed by atoms with Crippen molar-refractivity contribution in [3.63, 3.8) is 0 Å². The summed E-state index contributed by atoms with van der Waals surface area (Å²) >= 11 is 0. The van der Waals surface area contributed by atoms with Crippen molar-refractivity contribution in [3.8, 4) is 0 Å². The number of aromatic nitrogens is 2. The summed E-state index contributed by atoms with van der Waals surface area (Å²) < 4.78 is 0. The van der Waals surface area contributed by atoms with Crippen LogP contribution in [-0.4, -0.2) is 71.9 Å². The fourth-order valence-corrected chi connectivity index (χ4v) is 4.56. The minimum atomic E-state index is 0.505. The molecule has 1 aromatic heterocycles. The van der Waals surface area contributed by atoms with Crippen LogP contribution in [0.5, 0.6) is 0 Å². The van der Waals surface area contributed by atoms with Crippen molar-refractivity contribution < 1.29 is 9.59 Å². The number of rotatable bonds is 8. The molecule has 154 valence electrons. The quantitative estimate of drug-likeness (QED) is 0.503. The van der Waals surface area contributed by atoms with Gasteiger partial charge in [-0.25, -0.2) is 9.97 Å². The first-order chi connectivity index (χ1) is 13.8. The second kappa shape index (κ2) is 11.1. The van der Waals surface area contributed by atoms with E-state index < -0.39 is 0 Å². The van der Waals surface area contributed by atoms with E-state index in [1.54, 1.807) is 44.5 Å². The predicted molar refractivity (Wildman–Crippen MR) is 109 cm³/mol. The molecule has 0 radical (unpaired) electrons. The first-order valence-corrected chi connectivity index (χ1v) is 10.7. The van der Waals surface area contributed by atoms with Crippen LogP contribution in [0.15, 0.2) is 18.5 Å². The van der Waals surface area contributed by atoms with Crippen molar-refractivity contribution in [3.05, 3.63) is 18.5 Å². The Morgan fingerprint density at radius 1 is 0.929 bits per heavy atom. The van der Waals surface area contributed by atoms with Gasteiger partial charge in [0.15, 0.2) is 0 Å². The molecule has 28 heavy (non-hydrogen) atoms. The first-order valence-electron chi connectivity index (χ1n) is 10.7. The Labute approximate surface area is 168 Å². The predicted octanol–water partition coefficient (Wildman–Crippen LogP) is 2.19. The van der Waals surface area contributed by atoms with Gasteiger partial charge >= 0.3 is 0 Å². The summed E-state index contributed by atoms with van der Waals surface area (Å²) in [5.74, 6) is 3.14. The molecule has 3 fully saturated rings. The Kier molecular flexibility index (Phi) is 8.21. The molecule has 0 atom stereocenters. The first kappa shape index (κ1) is 20.7. The van der Waals surface area contributed by atoms with E-state index in [2.05, 4.69) is 19.8 Å². The van der Waals surface area contributed by atoms with E-state index in [9.17, 15) is 9.59 Å². The Hall–Kier alpha value is -2.02. The van der Waals surface area contributed by atoms with Gasteiger partial charge in [-0.05, 0) is 43.7 Å². The number of carbonyl (C=O) groups is 2. The lowest BCUT2D eigenvalue weighted by Gasteiger charge is -2.34. The fraction of sp³-hybridized carbons (Fsp3) is 0.714. The minimum absolute atomic E-state index is 0.505. The molecule has 4 rings (SSSR count). The largest absolute Gasteiger partial charge is 0.338 e. The normalized spacial score (nSPS) is 23.8. The van der Waals surface area contributed by atoms with Crippen molar-refractivity contribution in [2.75, 3.05) is 44.2 Å². The van der Waals surface area contributed by atoms with Crippen LogP contribution < -0.4 is 4.90 Å². The topological polar surface area (TPSA) is 69.6 Å². The van der Waals surface area contributed by atoms with E-state index in [-0.39, 0.29) is 0 Å². The highest BCUT2D eigenvalue weighted by Crippen LogP contribution is 2.43. The Bertz CT molecular complexity index is 566. The number of amides is 2. The van der Waals surface area contributed by atoms with Crippen LogP contribution in [0.4, 0.5) is 5.95 Å². The van der Waals surface area contributed by atoms with Gasteiger partial charge in [-0.1, -0.05) is 25.7 Å². The number of hydrogen-bond donors (Lipinski definition) is 0. The zero-order valence-electron chi connectivity index (χ0n) is 16.8. The van der Waals surface area contributed by atoms with Crippen LogP contribution in [0.3, 0.4) is 0 Å². The summed E-state index contributed by atoms with van der Waals surface area (Å²) in [5, 5.41) is 0. The molecule has 2 aliphatic carbocycles. The number of carbonyl (C=O) groups excluding carboxylic acids is 2. The zero-order valence-corrected chi connectivity index (χ0v) is 16.8. The van der Waals surface area contributed by atoms with Gasteiger partial charge in [0.05, 0.1) is 0 Å². The van der Waals surface area contributed by atoms with Crippen LogP contribution in [0.2, 0.25) is 0 Å². The van der Waals surface area contributed by atoms with Crippen LogP contribution in [0.1, 0.15) is 44.9 Å². The Morgan fingerprint density at radius 2 is 1.54 bits per heavy atom. The van der Waals surface area contributed by atoms with Gasteiger partial charge in [0.1, 0.15) is 0 Å². The third-order valence-electron chi connectivity index (χ3n) is 6.25. The third kappa shape index (κ3) is 6.26. The molecule has 0 N–H and O–H groups in total. The molecule has 2 heterocycles. The summed E-state index contributed by atoms with van der Waals surface area (Å²) in [6.07, 6.45) is 14.3. The Morgan fingerprint density at radius 3 is 2.04 bits per heavy atom. The lowest BCUT2D eigenvalue weighted by molar-refractivity contribution is -0.129. The van der Waals surface area contributed by atoms with E-state index in [4.69, 9.17) is 0 Å². The van der Waals surface area contributed by atoms with Crippen molar-refractivity contribution in [1.82, 2.24) is 19.8 Å². The van der Waals surface area contributed by atoms with E-state index in [0.29, 0.717) is 19.4 Å². The SMILES string of the molecule is C1CC2CCC1C2.O=CN(C=O)CCCCN1CCN(c2ncccn2)CC1. The van der Waals surface area contributed by atoms with Gasteiger partial charge in [0.2, 0.25) is 18.8 Å². The lowest BCUT2D eigenvalue weighted by Crippen LogP contribution is -2.47. The van der Waals surface area contributed by atoms with Gasteiger partial charge in [-0.15, -0.1) is 0 Å². The number of piperazine rings is 1. The standard InChI is InChI=1S/C14H21N5O2.C7H12/c20-12-18(13-21)7-2-1-6-17-8-10-19(11-9-17)14-15-4-3-5-16-14;1-2-7-4-3-6(1)5-7/h3-5,12-13H,1-2,6-11H2;6-7H,1-5H2. The minimum Gasteiger partial charge on any atom is -0.338 e. The number of hydrogen-bond acceptors (Lipinski definition) is 6. The van der Waals surface area contributed by atoms with Gasteiger partial charge in [0.25, 0.3) is 0 Å². The lowest BCUT2D eigenvalue weighted by atomic mass is 10.0. The Balaban J connectivity index is 0.000000264. The highest BCUT2D eigenvalue weighted by atomic mass is 16.2. The average molecular weight is 388 g/mol. The number of anilines is 1. The van der Waals surface area contributed by atoms with Crippen molar-refractivity contribution in [1.29, 1.82) is 0 Å². The molecular weight excluding hydrogens is 354 g/mol. The molecule has 2 bridgehead atoms. The highest BCUT2D eigenvalue weighted by molar-refractivity contribution is 5.68. The molecule has 1 aromatic rings. The third-order valence-corrected chi connectivity index (χ3v) is 6.25. The van der Waals surface area contributed by atoms with Gasteiger partial charge in [-0.3, -0.25) is 19.4 Å². The smallest absolute Gasteiger partial charge is 0.225 e. The van der Waals surface area contributed by atoms with Crippen LogP contribution in [0, 0.1) is 11.8 Å². The second-order valence-electron chi connectivity index (χ2n) is 8.16. The molecule has 0 spiro atoms. The van der Waals surface area contributed by atoms with Crippen molar-refractivity contribution in [2.24, 2.45) is 11.8 Å². The van der Waals surface area contributed by atoms with E-state index in [0.717, 1.165) is 56.4 Å². The average Bonchev–Trinajstić information content (AvgIpc) is 3.42. The van der Waals surface area contributed by atoms with Gasteiger partial charge < -0.3 is 4.90 Å². The van der Waals surface area contributed by atoms with Crippen LogP contribution in [0.25, 0.3) is 0 Å². The number of unbranched alkanes of at least 4 members (excludes halogenated alkanes) is 1. The maximum Gasteiger partial charge on any atom is 0.225 e. The molecule has 7 heteroatoms. The van der Waals surface area contributed by atoms with Crippen molar-refractivity contribution in [2.45, 2.75) is 44.9 Å². The van der Waals surface area contributed by atoms with Crippen LogP contribution in [-0.2, 0) is 9.59 Å². The van der Waals surface area contributed by atoms with Gasteiger partial charge in [-0.2, -0.15) is 0 Å². The molecule has 3 aliphatic rings. The molecule has 2 amide bonds. The maximum absolute atomic E-state index is 10.5. The number of nitrogens with zero attached hydrogens (tertiary/aromatic N) is 5. The van der Waals surface area contributed by atoms with E-state index in [1.165, 1.54) is 11.8 Å². The number of imide groups is 1. The maximum atomic E-state index is 10.5. The van der Waals surface area contributed by atoms with Crippen LogP contribution >= 0.6 is 0 Å². The fourth-order valence-electron chi connectivity index (χ4n) is 4.56. The van der Waals surface area contributed by atoms with Gasteiger partial charge in [0, 0.05) is 45.1 Å². The summed E-state index contributed by atoms with van der Waals surface area (Å²) in [4.78, 5) is 35.2. The molecular formula is C21H33N5O2. The molecule has 7 nitrogen and oxygen atoms in total. The highest BCUT2D eigenvalue weighted by Gasteiger charge is 2.30. The van der Waals surface area contributed by atoms with E-state index >= 15 is 0 Å². The molecule has 2 saturated carbocycles.